The lowest BCUT2D eigenvalue weighted by Crippen LogP contribution is -2.24. The summed E-state index contributed by atoms with van der Waals surface area (Å²) in [5, 5.41) is 0. The molecular weight excluding hydrogens is 230 g/mol. The van der Waals surface area contributed by atoms with Crippen molar-refractivity contribution in [3.05, 3.63) is 47.5 Å². The van der Waals surface area contributed by atoms with Gasteiger partial charge in [0.05, 0.1) is 12.7 Å². The minimum Gasteiger partial charge on any atom is -0.465 e. The number of rotatable bonds is 4. The van der Waals surface area contributed by atoms with E-state index >= 15 is 0 Å². The lowest BCUT2D eigenvalue weighted by molar-refractivity contribution is 0.0600. The summed E-state index contributed by atoms with van der Waals surface area (Å²) in [4.78, 5) is 25.2. The van der Waals surface area contributed by atoms with Gasteiger partial charge in [-0.1, -0.05) is 6.08 Å². The fourth-order valence-electron chi connectivity index (χ4n) is 2.05. The molecule has 2 rings (SSSR count). The lowest BCUT2D eigenvalue weighted by atomic mass is 10.1. The molecule has 1 aliphatic rings. The van der Waals surface area contributed by atoms with Crippen molar-refractivity contribution in [2.24, 2.45) is 0 Å². The van der Waals surface area contributed by atoms with Gasteiger partial charge in [0.15, 0.2) is 0 Å². The van der Waals surface area contributed by atoms with Crippen molar-refractivity contribution in [3.63, 3.8) is 0 Å². The van der Waals surface area contributed by atoms with Crippen LogP contribution in [0.25, 0.3) is 0 Å². The van der Waals surface area contributed by atoms with E-state index in [0.29, 0.717) is 24.2 Å². The Bertz CT molecular complexity index is 508. The predicted molar refractivity (Wildman–Crippen MR) is 67.3 cm³/mol. The minimum atomic E-state index is -0.380. The molecule has 4 heteroatoms. The largest absolute Gasteiger partial charge is 0.465 e. The molecule has 1 aliphatic heterocycles. The summed E-state index contributed by atoms with van der Waals surface area (Å²) >= 11 is 0. The van der Waals surface area contributed by atoms with Crippen molar-refractivity contribution in [2.45, 2.75) is 13.0 Å². The Hall–Kier alpha value is -2.10. The average Bonchev–Trinajstić information content (AvgIpc) is 2.71. The molecule has 0 fully saturated rings. The Balaban J connectivity index is 2.23. The summed E-state index contributed by atoms with van der Waals surface area (Å²) in [7, 11) is 1.34. The van der Waals surface area contributed by atoms with Crippen LogP contribution >= 0.6 is 0 Å². The van der Waals surface area contributed by atoms with Crippen molar-refractivity contribution >= 4 is 11.9 Å². The van der Waals surface area contributed by atoms with Gasteiger partial charge in [0, 0.05) is 18.7 Å². The molecule has 18 heavy (non-hydrogen) atoms. The Labute approximate surface area is 106 Å². The van der Waals surface area contributed by atoms with Crippen molar-refractivity contribution in [1.29, 1.82) is 0 Å². The molecule has 0 aromatic heterocycles. The molecule has 0 saturated heterocycles. The highest BCUT2D eigenvalue weighted by Gasteiger charge is 2.27. The number of hydrogen-bond acceptors (Lipinski definition) is 3. The van der Waals surface area contributed by atoms with Crippen molar-refractivity contribution < 1.29 is 14.3 Å². The highest BCUT2D eigenvalue weighted by Crippen LogP contribution is 2.24. The summed E-state index contributed by atoms with van der Waals surface area (Å²) in [6.45, 7) is 4.85. The van der Waals surface area contributed by atoms with Crippen LogP contribution in [0.5, 0.6) is 0 Å². The first kappa shape index (κ1) is 12.4. The van der Waals surface area contributed by atoms with Crippen LogP contribution in [0.15, 0.2) is 30.9 Å². The number of benzene rings is 1. The molecule has 0 spiro atoms. The molecule has 0 radical (unpaired) electrons. The summed E-state index contributed by atoms with van der Waals surface area (Å²) in [6.07, 6.45) is 2.56. The molecule has 1 aromatic carbocycles. The van der Waals surface area contributed by atoms with Crippen LogP contribution < -0.4 is 0 Å². The second-order valence-electron chi connectivity index (χ2n) is 4.17. The van der Waals surface area contributed by atoms with Gasteiger partial charge < -0.3 is 9.64 Å². The molecule has 1 heterocycles. The summed E-state index contributed by atoms with van der Waals surface area (Å²) < 4.78 is 4.66. The maximum Gasteiger partial charge on any atom is 0.337 e. The van der Waals surface area contributed by atoms with Gasteiger partial charge in [-0.05, 0) is 30.2 Å². The number of carbonyl (C=O) groups is 2. The van der Waals surface area contributed by atoms with Gasteiger partial charge in [-0.2, -0.15) is 0 Å². The summed E-state index contributed by atoms with van der Waals surface area (Å²) in [5.41, 5.74) is 2.04. The van der Waals surface area contributed by atoms with E-state index in [-0.39, 0.29) is 11.9 Å². The van der Waals surface area contributed by atoms with Crippen molar-refractivity contribution in [3.8, 4) is 0 Å². The van der Waals surface area contributed by atoms with E-state index < -0.39 is 0 Å². The lowest BCUT2D eigenvalue weighted by Gasteiger charge is -2.13. The number of ether oxygens (including phenoxy) is 1. The normalized spacial score (nSPS) is 13.4. The van der Waals surface area contributed by atoms with E-state index in [2.05, 4.69) is 11.3 Å². The van der Waals surface area contributed by atoms with E-state index in [4.69, 9.17) is 0 Å². The standard InChI is InChI=1S/C14H15NO3/c1-3-4-7-15-9-11-8-10(14(17)18-2)5-6-12(11)13(15)16/h3,5-6,8H,1,4,7,9H2,2H3. The first-order valence-corrected chi connectivity index (χ1v) is 5.78. The second kappa shape index (κ2) is 5.04. The summed E-state index contributed by atoms with van der Waals surface area (Å²) in [5.74, 6) is -0.363. The number of amides is 1. The molecule has 0 unspecified atom stereocenters. The van der Waals surface area contributed by atoms with Gasteiger partial charge in [0.25, 0.3) is 5.91 Å². The Morgan fingerprint density at radius 1 is 1.56 bits per heavy atom. The Kier molecular flexibility index (Phi) is 3.46. The van der Waals surface area contributed by atoms with E-state index in [1.54, 1.807) is 29.2 Å². The first-order valence-electron chi connectivity index (χ1n) is 5.78. The molecule has 0 N–H and O–H groups in total. The molecule has 1 aromatic rings. The Morgan fingerprint density at radius 2 is 2.33 bits per heavy atom. The van der Waals surface area contributed by atoms with Gasteiger partial charge in [0.2, 0.25) is 0 Å². The van der Waals surface area contributed by atoms with E-state index in [0.717, 1.165) is 12.0 Å². The molecule has 0 bridgehead atoms. The smallest absolute Gasteiger partial charge is 0.337 e. The topological polar surface area (TPSA) is 46.6 Å². The molecule has 94 valence electrons. The third kappa shape index (κ3) is 2.14. The van der Waals surface area contributed by atoms with Gasteiger partial charge in [-0.3, -0.25) is 4.79 Å². The van der Waals surface area contributed by atoms with Crippen LogP contribution in [0.3, 0.4) is 0 Å². The van der Waals surface area contributed by atoms with Gasteiger partial charge in [-0.15, -0.1) is 6.58 Å². The van der Waals surface area contributed by atoms with Crippen molar-refractivity contribution in [1.82, 2.24) is 4.90 Å². The number of fused-ring (bicyclic) bond motifs is 1. The van der Waals surface area contributed by atoms with Crippen LogP contribution in [-0.4, -0.2) is 30.4 Å². The van der Waals surface area contributed by atoms with Gasteiger partial charge >= 0.3 is 5.97 Å². The van der Waals surface area contributed by atoms with Crippen LogP contribution in [0.2, 0.25) is 0 Å². The fraction of sp³-hybridized carbons (Fsp3) is 0.286. The van der Waals surface area contributed by atoms with E-state index in [1.165, 1.54) is 7.11 Å². The second-order valence-corrected chi connectivity index (χ2v) is 4.17. The number of hydrogen-bond donors (Lipinski definition) is 0. The monoisotopic (exact) mass is 245 g/mol. The molecule has 0 saturated carbocycles. The van der Waals surface area contributed by atoms with Crippen LogP contribution in [-0.2, 0) is 11.3 Å². The van der Waals surface area contributed by atoms with Crippen LogP contribution in [0.1, 0.15) is 32.7 Å². The third-order valence-corrected chi connectivity index (χ3v) is 3.01. The predicted octanol–water partition coefficient (Wildman–Crippen LogP) is 2.01. The number of esters is 1. The van der Waals surface area contributed by atoms with Crippen LogP contribution in [0.4, 0.5) is 0 Å². The average molecular weight is 245 g/mol. The van der Waals surface area contributed by atoms with Gasteiger partial charge in [-0.25, -0.2) is 4.79 Å². The minimum absolute atomic E-state index is 0.0169. The third-order valence-electron chi connectivity index (χ3n) is 3.01. The summed E-state index contributed by atoms with van der Waals surface area (Å²) in [6, 6.07) is 5.05. The maximum absolute atomic E-state index is 12.0. The molecule has 1 amide bonds. The number of carbonyl (C=O) groups excluding carboxylic acids is 2. The number of nitrogens with zero attached hydrogens (tertiary/aromatic N) is 1. The zero-order valence-corrected chi connectivity index (χ0v) is 10.3. The van der Waals surface area contributed by atoms with Crippen molar-refractivity contribution in [2.75, 3.05) is 13.7 Å². The highest BCUT2D eigenvalue weighted by molar-refractivity contribution is 6.00. The molecule has 0 atom stereocenters. The molecule has 0 aliphatic carbocycles. The number of methoxy groups -OCH3 is 1. The first-order chi connectivity index (χ1) is 8.67. The zero-order chi connectivity index (χ0) is 13.1. The molecule has 4 nitrogen and oxygen atoms in total. The van der Waals surface area contributed by atoms with E-state index in [9.17, 15) is 9.59 Å². The quantitative estimate of drug-likeness (QED) is 0.602. The Morgan fingerprint density at radius 3 is 3.00 bits per heavy atom. The zero-order valence-electron chi connectivity index (χ0n) is 10.3. The van der Waals surface area contributed by atoms with Crippen LogP contribution in [0, 0.1) is 0 Å². The van der Waals surface area contributed by atoms with E-state index in [1.807, 2.05) is 0 Å². The molecular formula is C14H15NO3. The SMILES string of the molecule is C=CCCN1Cc2cc(C(=O)OC)ccc2C1=O. The van der Waals surface area contributed by atoms with Gasteiger partial charge in [0.1, 0.15) is 0 Å². The fourth-order valence-corrected chi connectivity index (χ4v) is 2.05. The maximum atomic E-state index is 12.0. The highest BCUT2D eigenvalue weighted by atomic mass is 16.5.